The summed E-state index contributed by atoms with van der Waals surface area (Å²) in [5.74, 6) is -1.44. The van der Waals surface area contributed by atoms with Crippen LogP contribution in [-0.2, 0) is 27.8 Å². The van der Waals surface area contributed by atoms with Crippen molar-refractivity contribution in [3.63, 3.8) is 0 Å². The highest BCUT2D eigenvalue weighted by Crippen LogP contribution is 2.46. The van der Waals surface area contributed by atoms with Gasteiger partial charge in [-0.15, -0.1) is 0 Å². The zero-order chi connectivity index (χ0) is 29.4. The van der Waals surface area contributed by atoms with E-state index < -0.39 is 23.2 Å². The number of anilines is 2. The number of hydrogen-bond acceptors (Lipinski definition) is 8. The minimum Gasteiger partial charge on any atom is -0.462 e. The van der Waals surface area contributed by atoms with Crippen LogP contribution in [-0.4, -0.2) is 83.5 Å². The topological polar surface area (TPSA) is 115 Å². The Morgan fingerprint density at radius 1 is 1.24 bits per heavy atom. The van der Waals surface area contributed by atoms with Crippen molar-refractivity contribution in [3.05, 3.63) is 53.5 Å². The number of nitrogens with zero attached hydrogens (tertiary/aromatic N) is 6. The average molecular weight is 574 g/mol. The Labute approximate surface area is 245 Å². The minimum atomic E-state index is -1.05. The second kappa shape index (κ2) is 11.3. The summed E-state index contributed by atoms with van der Waals surface area (Å²) >= 11 is 0. The van der Waals surface area contributed by atoms with Gasteiger partial charge in [0.2, 0.25) is 5.91 Å². The van der Waals surface area contributed by atoms with Crippen molar-refractivity contribution in [2.45, 2.75) is 62.4 Å². The van der Waals surface area contributed by atoms with E-state index in [4.69, 9.17) is 14.7 Å². The van der Waals surface area contributed by atoms with Gasteiger partial charge in [0.1, 0.15) is 12.3 Å². The van der Waals surface area contributed by atoms with E-state index in [9.17, 15) is 19.2 Å². The molecule has 3 atom stereocenters. The van der Waals surface area contributed by atoms with Crippen molar-refractivity contribution >= 4 is 23.3 Å². The molecule has 220 valence electrons. The summed E-state index contributed by atoms with van der Waals surface area (Å²) in [7, 11) is 2.09. The molecule has 10 nitrogen and oxygen atoms in total. The molecule has 1 aromatic carbocycles. The molecule has 4 aliphatic rings. The molecule has 2 amide bonds. The Morgan fingerprint density at radius 2 is 2.07 bits per heavy atom. The number of piperazine rings is 1. The number of likely N-dealkylation sites (tertiary alicyclic amines) is 1. The van der Waals surface area contributed by atoms with Gasteiger partial charge in [0, 0.05) is 32.1 Å². The van der Waals surface area contributed by atoms with Crippen molar-refractivity contribution in [1.29, 1.82) is 5.26 Å². The number of aryl methyl sites for hydroxylation is 1. The maximum Gasteiger partial charge on any atom is 0.318 e. The quantitative estimate of drug-likeness (QED) is 0.525. The highest BCUT2D eigenvalue weighted by atomic mass is 19.1. The lowest BCUT2D eigenvalue weighted by Gasteiger charge is -2.44. The van der Waals surface area contributed by atoms with Crippen LogP contribution in [0.5, 0.6) is 6.01 Å². The molecule has 6 rings (SSSR count). The number of nitrogens with one attached hydrogen (secondary N) is 1. The van der Waals surface area contributed by atoms with Crippen LogP contribution in [0.4, 0.5) is 15.9 Å². The summed E-state index contributed by atoms with van der Waals surface area (Å²) in [5.41, 5.74) is 2.74. The van der Waals surface area contributed by atoms with Crippen molar-refractivity contribution in [1.82, 2.24) is 19.8 Å². The van der Waals surface area contributed by atoms with Crippen molar-refractivity contribution in [3.8, 4) is 12.1 Å². The number of carbonyl (C=O) groups is 2. The first kappa shape index (κ1) is 28.1. The van der Waals surface area contributed by atoms with Gasteiger partial charge < -0.3 is 24.8 Å². The molecule has 2 fully saturated rings. The number of halogens is 1. The largest absolute Gasteiger partial charge is 0.462 e. The molecule has 0 radical (unpaired) electrons. The van der Waals surface area contributed by atoms with Crippen molar-refractivity contribution < 1.29 is 18.7 Å². The Hall–Kier alpha value is -4.04. The number of aromatic nitrogens is 2. The number of nitriles is 1. The average Bonchev–Trinajstić information content (AvgIpc) is 3.40. The molecule has 0 saturated carbocycles. The van der Waals surface area contributed by atoms with Gasteiger partial charge in [-0.2, -0.15) is 15.2 Å². The lowest BCUT2D eigenvalue weighted by atomic mass is 9.65. The van der Waals surface area contributed by atoms with Gasteiger partial charge in [-0.3, -0.25) is 9.59 Å². The molecule has 0 bridgehead atoms. The summed E-state index contributed by atoms with van der Waals surface area (Å²) in [6.07, 6.45) is 5.15. The fourth-order valence-corrected chi connectivity index (χ4v) is 7.07. The van der Waals surface area contributed by atoms with Crippen LogP contribution in [0, 0.1) is 11.3 Å². The number of carbonyl (C=O) groups excluding carboxylic acids is 2. The van der Waals surface area contributed by atoms with Crippen LogP contribution in [0.3, 0.4) is 0 Å². The minimum absolute atomic E-state index is 0.0203. The molecular weight excluding hydrogens is 537 g/mol. The Bertz CT molecular complexity index is 1460. The van der Waals surface area contributed by atoms with Crippen LogP contribution >= 0.6 is 0 Å². The zero-order valence-corrected chi connectivity index (χ0v) is 23.9. The predicted molar refractivity (Wildman–Crippen MR) is 155 cm³/mol. The monoisotopic (exact) mass is 573 g/mol. The first-order valence-electron chi connectivity index (χ1n) is 14.7. The molecule has 1 aromatic heterocycles. The molecule has 3 aliphatic heterocycles. The third kappa shape index (κ3) is 4.98. The third-order valence-corrected chi connectivity index (χ3v) is 9.35. The number of benzene rings is 1. The van der Waals surface area contributed by atoms with Gasteiger partial charge in [-0.05, 0) is 56.8 Å². The Morgan fingerprint density at radius 3 is 2.83 bits per heavy atom. The number of likely N-dealkylation sites (N-methyl/N-ethyl adjacent to an activating group) is 1. The van der Waals surface area contributed by atoms with E-state index in [1.165, 1.54) is 10.5 Å². The van der Waals surface area contributed by atoms with E-state index in [0.29, 0.717) is 36.8 Å². The predicted octanol–water partition coefficient (Wildman–Crippen LogP) is 3.13. The molecular formula is C31H36FN7O3. The molecule has 42 heavy (non-hydrogen) atoms. The third-order valence-electron chi connectivity index (χ3n) is 9.35. The molecule has 0 unspecified atom stereocenters. The smallest absolute Gasteiger partial charge is 0.318 e. The lowest BCUT2D eigenvalue weighted by Crippen LogP contribution is -2.56. The van der Waals surface area contributed by atoms with Crippen LogP contribution in [0.15, 0.2) is 36.7 Å². The molecule has 1 N–H and O–H groups in total. The van der Waals surface area contributed by atoms with Crippen LogP contribution in [0.25, 0.3) is 0 Å². The summed E-state index contributed by atoms with van der Waals surface area (Å²) in [6.45, 7) is 5.38. The number of ether oxygens (including phenoxy) is 1. The van der Waals surface area contributed by atoms with Gasteiger partial charge >= 0.3 is 6.01 Å². The van der Waals surface area contributed by atoms with Gasteiger partial charge in [0.25, 0.3) is 5.91 Å². The molecule has 2 aromatic rings. The first-order valence-corrected chi connectivity index (χ1v) is 14.7. The SMILES string of the molecule is C=C(F)C(=O)N1CCN(c2nc(OC[C@@H]3CCCN3C)nc3c2NC(=O)[C@]2(CCCc4ccccc42)C3)C[C@@H]1CC#N. The van der Waals surface area contributed by atoms with E-state index in [1.807, 2.05) is 17.0 Å². The van der Waals surface area contributed by atoms with E-state index >= 15 is 0 Å². The number of rotatable bonds is 6. The molecule has 4 heterocycles. The molecule has 1 aliphatic carbocycles. The van der Waals surface area contributed by atoms with Crippen LogP contribution in [0.1, 0.15) is 48.9 Å². The number of fused-ring (bicyclic) bond motifs is 3. The van der Waals surface area contributed by atoms with Gasteiger partial charge in [0.15, 0.2) is 11.6 Å². The molecule has 11 heteroatoms. The number of hydrogen-bond donors (Lipinski definition) is 1. The molecule has 1 spiro atoms. The van der Waals surface area contributed by atoms with E-state index in [0.717, 1.165) is 44.2 Å². The van der Waals surface area contributed by atoms with E-state index in [1.54, 1.807) is 0 Å². The maximum atomic E-state index is 14.0. The fourth-order valence-electron chi connectivity index (χ4n) is 7.07. The second-order valence-electron chi connectivity index (χ2n) is 11.8. The summed E-state index contributed by atoms with van der Waals surface area (Å²) in [4.78, 5) is 41.7. The summed E-state index contributed by atoms with van der Waals surface area (Å²) < 4.78 is 20.0. The molecule has 2 saturated heterocycles. The standard InChI is InChI=1S/C31H36FN7O3/c1-20(32)28(40)39-16-15-38(18-22(39)11-13-33)27-26-25(34-30(36-27)42-19-23-9-6-14-37(23)2)17-31(29(41)35-26)12-5-8-21-7-3-4-10-24(21)31/h3-4,7,10,22-23H,1,5-6,8-9,11-12,14-19H2,2H3,(H,35,41)/t22-,23-,31+/m0/s1. The van der Waals surface area contributed by atoms with Gasteiger partial charge in [0.05, 0.1) is 29.6 Å². The lowest BCUT2D eigenvalue weighted by molar-refractivity contribution is -0.131. The number of amides is 2. The Balaban J connectivity index is 1.37. The maximum absolute atomic E-state index is 14.0. The van der Waals surface area contributed by atoms with Crippen LogP contribution in [0.2, 0.25) is 0 Å². The normalized spacial score (nSPS) is 25.4. The second-order valence-corrected chi connectivity index (χ2v) is 11.8. The fraction of sp³-hybridized carbons (Fsp3) is 0.516. The van der Waals surface area contributed by atoms with Crippen molar-refractivity contribution in [2.75, 3.05) is 50.1 Å². The van der Waals surface area contributed by atoms with Gasteiger partial charge in [-0.25, -0.2) is 4.39 Å². The van der Waals surface area contributed by atoms with E-state index in [2.05, 4.69) is 42.0 Å². The van der Waals surface area contributed by atoms with Crippen molar-refractivity contribution in [2.24, 2.45) is 0 Å². The summed E-state index contributed by atoms with van der Waals surface area (Å²) in [5, 5.41) is 12.6. The Kier molecular flexibility index (Phi) is 7.58. The van der Waals surface area contributed by atoms with E-state index in [-0.39, 0.29) is 37.5 Å². The van der Waals surface area contributed by atoms with Gasteiger partial charge in [-0.1, -0.05) is 30.8 Å². The van der Waals surface area contributed by atoms with Crippen LogP contribution < -0.4 is 15.0 Å². The summed E-state index contributed by atoms with van der Waals surface area (Å²) in [6, 6.07) is 10.2. The highest BCUT2D eigenvalue weighted by molar-refractivity contribution is 6.04. The highest BCUT2D eigenvalue weighted by Gasteiger charge is 2.48. The first-order chi connectivity index (χ1) is 20.3. The zero-order valence-electron chi connectivity index (χ0n) is 23.9.